The number of aromatic nitrogens is 3. The minimum atomic E-state index is 0.840. The van der Waals surface area contributed by atoms with Crippen molar-refractivity contribution in [2.24, 2.45) is 0 Å². The Kier molecular flexibility index (Phi) is 4.13. The summed E-state index contributed by atoms with van der Waals surface area (Å²) in [7, 11) is 5.88. The molecule has 2 aromatic heterocycles. The van der Waals surface area contributed by atoms with E-state index in [1.54, 1.807) is 22.7 Å². The number of aryl methyl sites for hydroxylation is 1. The molecule has 0 bridgehead atoms. The molecule has 0 amide bonds. The van der Waals surface area contributed by atoms with Crippen molar-refractivity contribution in [2.75, 3.05) is 31.4 Å². The first-order valence-electron chi connectivity index (χ1n) is 5.84. The number of nitrogens with one attached hydrogen (secondary N) is 1. The van der Waals surface area contributed by atoms with Crippen LogP contribution in [-0.2, 0) is 6.42 Å². The van der Waals surface area contributed by atoms with Crippen LogP contribution in [0.15, 0.2) is 0 Å². The van der Waals surface area contributed by atoms with E-state index in [1.807, 2.05) is 26.0 Å². The molecular formula is C11H17N5S2. The molecule has 0 saturated carbocycles. The molecule has 0 spiro atoms. The van der Waals surface area contributed by atoms with Crippen molar-refractivity contribution in [3.63, 3.8) is 0 Å². The molecule has 2 heterocycles. The highest BCUT2D eigenvalue weighted by atomic mass is 32.1. The van der Waals surface area contributed by atoms with Crippen LogP contribution in [0, 0.1) is 0 Å². The first kappa shape index (κ1) is 13.2. The van der Waals surface area contributed by atoms with Crippen LogP contribution in [-0.4, -0.2) is 36.3 Å². The Morgan fingerprint density at radius 1 is 1.22 bits per heavy atom. The van der Waals surface area contributed by atoms with Crippen LogP contribution in [0.1, 0.15) is 19.0 Å². The summed E-state index contributed by atoms with van der Waals surface area (Å²) in [6, 6.07) is 0. The lowest BCUT2D eigenvalue weighted by Crippen LogP contribution is -2.07. The van der Waals surface area contributed by atoms with Gasteiger partial charge in [0.05, 0.1) is 10.6 Å². The molecule has 0 fully saturated rings. The van der Waals surface area contributed by atoms with Gasteiger partial charge in [-0.25, -0.2) is 4.98 Å². The second-order valence-electron chi connectivity index (χ2n) is 4.08. The van der Waals surface area contributed by atoms with E-state index >= 15 is 0 Å². The lowest BCUT2D eigenvalue weighted by Gasteiger charge is -2.05. The second-order valence-corrected chi connectivity index (χ2v) is 6.03. The Bertz CT molecular complexity index is 517. The Morgan fingerprint density at radius 3 is 2.56 bits per heavy atom. The fourth-order valence-corrected chi connectivity index (χ4v) is 3.34. The molecule has 0 atom stereocenters. The van der Waals surface area contributed by atoms with Crippen molar-refractivity contribution >= 4 is 32.9 Å². The Morgan fingerprint density at radius 2 is 2.00 bits per heavy atom. The lowest BCUT2D eigenvalue weighted by atomic mass is 10.2. The molecule has 0 aliphatic rings. The fourth-order valence-electron chi connectivity index (χ4n) is 1.52. The van der Waals surface area contributed by atoms with Gasteiger partial charge in [-0.15, -0.1) is 10.2 Å². The molecule has 0 unspecified atom stereocenters. The maximum Gasteiger partial charge on any atom is 0.205 e. The first-order valence-corrected chi connectivity index (χ1v) is 7.47. The van der Waals surface area contributed by atoms with Crippen molar-refractivity contribution < 1.29 is 0 Å². The molecule has 1 N–H and O–H groups in total. The summed E-state index contributed by atoms with van der Waals surface area (Å²) in [6.45, 7) is 2.16. The van der Waals surface area contributed by atoms with Crippen LogP contribution in [0.5, 0.6) is 0 Å². The van der Waals surface area contributed by atoms with Gasteiger partial charge in [0.1, 0.15) is 0 Å². The summed E-state index contributed by atoms with van der Waals surface area (Å²) in [5.74, 6) is 0. The van der Waals surface area contributed by atoms with E-state index < -0.39 is 0 Å². The SMILES string of the molecule is CCCc1nc(N(C)C)sc1-c1nnc(NC)s1. The highest BCUT2D eigenvalue weighted by Crippen LogP contribution is 2.37. The predicted octanol–water partition coefficient (Wildman–Crippen LogP) is 2.72. The zero-order chi connectivity index (χ0) is 13.1. The fraction of sp³-hybridized carbons (Fsp3) is 0.545. The van der Waals surface area contributed by atoms with E-state index in [0.717, 1.165) is 38.7 Å². The van der Waals surface area contributed by atoms with Crippen LogP contribution in [0.4, 0.5) is 10.3 Å². The van der Waals surface area contributed by atoms with E-state index in [4.69, 9.17) is 0 Å². The average Bonchev–Trinajstić information content (AvgIpc) is 2.94. The number of rotatable bonds is 5. The van der Waals surface area contributed by atoms with E-state index in [9.17, 15) is 0 Å². The highest BCUT2D eigenvalue weighted by molar-refractivity contribution is 7.25. The quantitative estimate of drug-likeness (QED) is 0.914. The third-order valence-electron chi connectivity index (χ3n) is 2.39. The molecule has 7 heteroatoms. The van der Waals surface area contributed by atoms with Crippen molar-refractivity contribution in [2.45, 2.75) is 19.8 Å². The zero-order valence-corrected chi connectivity index (χ0v) is 12.7. The number of anilines is 2. The average molecular weight is 283 g/mol. The predicted molar refractivity (Wildman–Crippen MR) is 78.9 cm³/mol. The van der Waals surface area contributed by atoms with E-state index in [0.29, 0.717) is 0 Å². The second kappa shape index (κ2) is 5.62. The molecule has 0 radical (unpaired) electrons. The van der Waals surface area contributed by atoms with Crippen molar-refractivity contribution in [1.82, 2.24) is 15.2 Å². The molecule has 0 saturated heterocycles. The molecular weight excluding hydrogens is 266 g/mol. The van der Waals surface area contributed by atoms with Crippen LogP contribution >= 0.6 is 22.7 Å². The largest absolute Gasteiger partial charge is 0.363 e. The van der Waals surface area contributed by atoms with Gasteiger partial charge in [-0.2, -0.15) is 0 Å². The minimum Gasteiger partial charge on any atom is -0.363 e. The highest BCUT2D eigenvalue weighted by Gasteiger charge is 2.17. The van der Waals surface area contributed by atoms with Crippen molar-refractivity contribution in [1.29, 1.82) is 0 Å². The van der Waals surface area contributed by atoms with Gasteiger partial charge in [-0.3, -0.25) is 0 Å². The van der Waals surface area contributed by atoms with Gasteiger partial charge in [-0.05, 0) is 6.42 Å². The third kappa shape index (κ3) is 2.62. The summed E-state index contributed by atoms with van der Waals surface area (Å²) in [5, 5.41) is 14.2. The number of nitrogens with zero attached hydrogens (tertiary/aromatic N) is 4. The van der Waals surface area contributed by atoms with Gasteiger partial charge in [0.15, 0.2) is 10.1 Å². The normalized spacial score (nSPS) is 10.7. The first-order chi connectivity index (χ1) is 8.65. The number of hydrogen-bond acceptors (Lipinski definition) is 7. The van der Waals surface area contributed by atoms with Gasteiger partial charge >= 0.3 is 0 Å². The van der Waals surface area contributed by atoms with Gasteiger partial charge in [0.25, 0.3) is 0 Å². The summed E-state index contributed by atoms with van der Waals surface area (Å²) in [6.07, 6.45) is 2.06. The summed E-state index contributed by atoms with van der Waals surface area (Å²) < 4.78 is 0. The summed E-state index contributed by atoms with van der Waals surface area (Å²) >= 11 is 3.25. The Labute approximate surface area is 115 Å². The van der Waals surface area contributed by atoms with E-state index in [2.05, 4.69) is 27.4 Å². The smallest absolute Gasteiger partial charge is 0.205 e. The van der Waals surface area contributed by atoms with Crippen molar-refractivity contribution in [3.05, 3.63) is 5.69 Å². The Hall–Kier alpha value is -1.21. The van der Waals surface area contributed by atoms with Crippen molar-refractivity contribution in [3.8, 4) is 9.88 Å². The van der Waals surface area contributed by atoms with Crippen LogP contribution in [0.2, 0.25) is 0 Å². The van der Waals surface area contributed by atoms with Gasteiger partial charge < -0.3 is 10.2 Å². The summed E-state index contributed by atoms with van der Waals surface area (Å²) in [4.78, 5) is 7.86. The van der Waals surface area contributed by atoms with Gasteiger partial charge in [0.2, 0.25) is 5.13 Å². The molecule has 0 aliphatic carbocycles. The molecule has 98 valence electrons. The topological polar surface area (TPSA) is 53.9 Å². The third-order valence-corrected chi connectivity index (χ3v) is 4.75. The number of thiazole rings is 1. The van der Waals surface area contributed by atoms with E-state index in [1.165, 1.54) is 0 Å². The monoisotopic (exact) mass is 283 g/mol. The molecule has 2 rings (SSSR count). The maximum absolute atomic E-state index is 4.67. The van der Waals surface area contributed by atoms with Crippen LogP contribution in [0.3, 0.4) is 0 Å². The standard InChI is InChI=1S/C11H17N5S2/c1-5-6-7-8(17-11(13-7)16(3)4)9-14-15-10(12-2)18-9/h5-6H2,1-4H3,(H,12,15). The molecule has 5 nitrogen and oxygen atoms in total. The summed E-state index contributed by atoms with van der Waals surface area (Å²) in [5.41, 5.74) is 1.13. The number of hydrogen-bond donors (Lipinski definition) is 1. The Balaban J connectivity index is 2.40. The van der Waals surface area contributed by atoms with Gasteiger partial charge in [-0.1, -0.05) is 36.0 Å². The molecule has 2 aromatic rings. The van der Waals surface area contributed by atoms with Crippen LogP contribution < -0.4 is 10.2 Å². The lowest BCUT2D eigenvalue weighted by molar-refractivity contribution is 0.889. The maximum atomic E-state index is 4.67. The molecule has 0 aliphatic heterocycles. The van der Waals surface area contributed by atoms with Gasteiger partial charge in [0, 0.05) is 21.1 Å². The zero-order valence-electron chi connectivity index (χ0n) is 11.0. The van der Waals surface area contributed by atoms with E-state index in [-0.39, 0.29) is 0 Å². The molecule has 18 heavy (non-hydrogen) atoms. The minimum absolute atomic E-state index is 0.840. The van der Waals surface area contributed by atoms with Crippen LogP contribution in [0.25, 0.3) is 9.88 Å². The molecule has 0 aromatic carbocycles.